The van der Waals surface area contributed by atoms with Crippen LogP contribution >= 0.6 is 0 Å². The van der Waals surface area contributed by atoms with Gasteiger partial charge in [-0.05, 0) is 29.5 Å². The van der Waals surface area contributed by atoms with Crippen molar-refractivity contribution in [2.45, 2.75) is 53.4 Å². The zero-order valence-electron chi connectivity index (χ0n) is 17.8. The maximum atomic E-state index is 13.0. The molecule has 0 N–H and O–H groups in total. The van der Waals surface area contributed by atoms with Crippen LogP contribution in [0.2, 0.25) is 0 Å². The minimum Gasteiger partial charge on any atom is -0.339 e. The Hall–Kier alpha value is -1.88. The predicted octanol–water partition coefficient (Wildman–Crippen LogP) is 3.45. The van der Waals surface area contributed by atoms with E-state index in [0.717, 1.165) is 49.5 Å². The highest BCUT2D eigenvalue weighted by Crippen LogP contribution is 2.35. The van der Waals surface area contributed by atoms with Gasteiger partial charge in [0.15, 0.2) is 0 Å². The van der Waals surface area contributed by atoms with Crippen LogP contribution in [0.5, 0.6) is 0 Å². The van der Waals surface area contributed by atoms with E-state index in [1.54, 1.807) is 11.8 Å². The van der Waals surface area contributed by atoms with Crippen LogP contribution in [0.25, 0.3) is 0 Å². The van der Waals surface area contributed by atoms with Gasteiger partial charge in [-0.25, -0.2) is 0 Å². The van der Waals surface area contributed by atoms with E-state index in [1.165, 1.54) is 0 Å². The number of nitrogens with zero attached hydrogens (tertiary/aromatic N) is 3. The zero-order chi connectivity index (χ0) is 20.1. The Balaban J connectivity index is 2.30. The third-order valence-corrected chi connectivity index (χ3v) is 5.46. The minimum atomic E-state index is -0.0782. The van der Waals surface area contributed by atoms with Gasteiger partial charge in [-0.15, -0.1) is 0 Å². The first-order valence-electron chi connectivity index (χ1n) is 10.2. The lowest BCUT2D eigenvalue weighted by atomic mass is 9.91. The molecule has 1 saturated heterocycles. The molecule has 5 nitrogen and oxygen atoms in total. The molecule has 1 aromatic rings. The average molecular weight is 374 g/mol. The van der Waals surface area contributed by atoms with Crippen LogP contribution in [0.3, 0.4) is 0 Å². The normalized spacial score (nSPS) is 15.5. The van der Waals surface area contributed by atoms with E-state index in [9.17, 15) is 9.59 Å². The van der Waals surface area contributed by atoms with E-state index < -0.39 is 0 Å². The second-order valence-electron chi connectivity index (χ2n) is 8.01. The lowest BCUT2D eigenvalue weighted by Crippen LogP contribution is -2.51. The number of carbonyl (C=O) groups is 2. The molecular weight excluding hydrogens is 338 g/mol. The zero-order valence-corrected chi connectivity index (χ0v) is 17.8. The number of hydrogen-bond donors (Lipinski definition) is 0. The molecule has 1 aromatic carbocycles. The van der Waals surface area contributed by atoms with Crippen LogP contribution in [0, 0.1) is 0 Å². The summed E-state index contributed by atoms with van der Waals surface area (Å²) >= 11 is 0. The number of rotatable bonds is 6. The standard InChI is InChI=1S/C22H35N3O2/c1-7-23-11-13-24(14-12-23)21(27)15-25(18(6)26)22-19(16(2)3)9-8-10-20(22)17(4)5/h8-10,16-17H,7,11-15H2,1-6H3. The summed E-state index contributed by atoms with van der Waals surface area (Å²) in [5.41, 5.74) is 3.18. The Morgan fingerprint density at radius 1 is 1.00 bits per heavy atom. The van der Waals surface area contributed by atoms with E-state index in [2.05, 4.69) is 57.7 Å². The molecule has 0 spiro atoms. The number of likely N-dealkylation sites (N-methyl/N-ethyl adjacent to an activating group) is 1. The van der Waals surface area contributed by atoms with Crippen LogP contribution in [-0.4, -0.2) is 60.9 Å². The summed E-state index contributed by atoms with van der Waals surface area (Å²) in [5.74, 6) is 0.521. The van der Waals surface area contributed by atoms with Crippen molar-refractivity contribution < 1.29 is 9.59 Å². The second-order valence-corrected chi connectivity index (χ2v) is 8.01. The molecule has 0 aromatic heterocycles. The number of carbonyl (C=O) groups excluding carboxylic acids is 2. The van der Waals surface area contributed by atoms with E-state index >= 15 is 0 Å². The van der Waals surface area contributed by atoms with Gasteiger partial charge in [0, 0.05) is 33.1 Å². The number of para-hydroxylation sites is 1. The average Bonchev–Trinajstić information content (AvgIpc) is 2.65. The van der Waals surface area contributed by atoms with Gasteiger partial charge in [0.1, 0.15) is 6.54 Å². The fourth-order valence-corrected chi connectivity index (χ4v) is 3.72. The highest BCUT2D eigenvalue weighted by Gasteiger charge is 2.27. The van der Waals surface area contributed by atoms with Crippen molar-refractivity contribution >= 4 is 17.5 Å². The summed E-state index contributed by atoms with van der Waals surface area (Å²) in [7, 11) is 0. The number of anilines is 1. The topological polar surface area (TPSA) is 43.9 Å². The SMILES string of the molecule is CCN1CCN(C(=O)CN(C(C)=O)c2c(C(C)C)cccc2C(C)C)CC1. The van der Waals surface area contributed by atoms with Gasteiger partial charge >= 0.3 is 0 Å². The summed E-state index contributed by atoms with van der Waals surface area (Å²) in [4.78, 5) is 31.5. The molecule has 5 heteroatoms. The molecule has 2 rings (SSSR count). The Labute approximate surface area is 164 Å². The first-order valence-corrected chi connectivity index (χ1v) is 10.2. The smallest absolute Gasteiger partial charge is 0.242 e. The molecule has 0 saturated carbocycles. The molecule has 1 aliphatic heterocycles. The lowest BCUT2D eigenvalue weighted by Gasteiger charge is -2.36. The molecule has 0 aliphatic carbocycles. The van der Waals surface area contributed by atoms with Crippen molar-refractivity contribution in [1.82, 2.24) is 9.80 Å². The quantitative estimate of drug-likeness (QED) is 0.767. The Bertz CT molecular complexity index is 635. The summed E-state index contributed by atoms with van der Waals surface area (Å²) in [6, 6.07) is 6.21. The Morgan fingerprint density at radius 3 is 1.93 bits per heavy atom. The van der Waals surface area contributed by atoms with Crippen molar-refractivity contribution in [2.24, 2.45) is 0 Å². The molecule has 150 valence electrons. The molecule has 0 radical (unpaired) electrons. The highest BCUT2D eigenvalue weighted by atomic mass is 16.2. The number of amides is 2. The second kappa shape index (κ2) is 9.36. The molecule has 0 bridgehead atoms. The van der Waals surface area contributed by atoms with E-state index in [0.29, 0.717) is 0 Å². The first kappa shape index (κ1) is 21.4. The molecule has 0 atom stereocenters. The fourth-order valence-electron chi connectivity index (χ4n) is 3.72. The van der Waals surface area contributed by atoms with Gasteiger partial charge in [0.05, 0.1) is 5.69 Å². The van der Waals surface area contributed by atoms with Crippen molar-refractivity contribution in [3.05, 3.63) is 29.3 Å². The first-order chi connectivity index (χ1) is 12.8. The van der Waals surface area contributed by atoms with Crippen molar-refractivity contribution in [1.29, 1.82) is 0 Å². The molecule has 0 unspecified atom stereocenters. The molecule has 2 amide bonds. The van der Waals surface area contributed by atoms with Crippen molar-refractivity contribution in [3.8, 4) is 0 Å². The molecule has 1 heterocycles. The van der Waals surface area contributed by atoms with Crippen LogP contribution in [-0.2, 0) is 9.59 Å². The summed E-state index contributed by atoms with van der Waals surface area (Å²) in [6.45, 7) is 16.6. The third kappa shape index (κ3) is 5.10. The van der Waals surface area contributed by atoms with Crippen LogP contribution in [0.4, 0.5) is 5.69 Å². The third-order valence-electron chi connectivity index (χ3n) is 5.46. The summed E-state index contributed by atoms with van der Waals surface area (Å²) in [6.07, 6.45) is 0. The number of piperazine rings is 1. The molecule has 1 fully saturated rings. The highest BCUT2D eigenvalue weighted by molar-refractivity contribution is 5.99. The van der Waals surface area contributed by atoms with E-state index in [-0.39, 0.29) is 30.2 Å². The Morgan fingerprint density at radius 2 is 1.52 bits per heavy atom. The van der Waals surface area contributed by atoms with Crippen LogP contribution in [0.1, 0.15) is 64.5 Å². The number of hydrogen-bond acceptors (Lipinski definition) is 3. The van der Waals surface area contributed by atoms with Crippen LogP contribution < -0.4 is 4.90 Å². The van der Waals surface area contributed by atoms with Crippen LogP contribution in [0.15, 0.2) is 18.2 Å². The van der Waals surface area contributed by atoms with E-state index in [4.69, 9.17) is 0 Å². The van der Waals surface area contributed by atoms with Gasteiger partial charge in [0.2, 0.25) is 11.8 Å². The summed E-state index contributed by atoms with van der Waals surface area (Å²) in [5, 5.41) is 0. The Kier molecular flexibility index (Phi) is 7.42. The van der Waals surface area contributed by atoms with Gasteiger partial charge in [-0.3, -0.25) is 9.59 Å². The van der Waals surface area contributed by atoms with Gasteiger partial charge in [-0.1, -0.05) is 52.8 Å². The van der Waals surface area contributed by atoms with Crippen molar-refractivity contribution in [3.63, 3.8) is 0 Å². The monoisotopic (exact) mass is 373 g/mol. The summed E-state index contributed by atoms with van der Waals surface area (Å²) < 4.78 is 0. The van der Waals surface area contributed by atoms with Crippen molar-refractivity contribution in [2.75, 3.05) is 44.2 Å². The number of benzene rings is 1. The molecule has 27 heavy (non-hydrogen) atoms. The lowest BCUT2D eigenvalue weighted by molar-refractivity contribution is -0.132. The van der Waals surface area contributed by atoms with E-state index in [1.807, 2.05) is 4.90 Å². The maximum Gasteiger partial charge on any atom is 0.242 e. The largest absolute Gasteiger partial charge is 0.339 e. The van der Waals surface area contributed by atoms with Gasteiger partial charge in [0.25, 0.3) is 0 Å². The maximum absolute atomic E-state index is 13.0. The molecular formula is C22H35N3O2. The predicted molar refractivity (Wildman–Crippen MR) is 111 cm³/mol. The van der Waals surface area contributed by atoms with Gasteiger partial charge < -0.3 is 14.7 Å². The fraction of sp³-hybridized carbons (Fsp3) is 0.636. The minimum absolute atomic E-state index is 0.0363. The molecule has 1 aliphatic rings. The van der Waals surface area contributed by atoms with Gasteiger partial charge in [-0.2, -0.15) is 0 Å².